The minimum atomic E-state index is -0.489. The molecule has 0 aliphatic heterocycles. The van der Waals surface area contributed by atoms with E-state index in [0.717, 1.165) is 38.5 Å². The third kappa shape index (κ3) is 13.9. The van der Waals surface area contributed by atoms with Crippen LogP contribution in [0.25, 0.3) is 0 Å². The molecule has 0 saturated heterocycles. The first kappa shape index (κ1) is 27.1. The molecule has 0 aliphatic carbocycles. The monoisotopic (exact) mass is 433 g/mol. The Morgan fingerprint density at radius 2 is 0.968 bits per heavy atom. The highest BCUT2D eigenvalue weighted by Crippen LogP contribution is 2.12. The quantitative estimate of drug-likeness (QED) is 0.169. The van der Waals surface area contributed by atoms with E-state index in [-0.39, 0.29) is 11.4 Å². The fourth-order valence-electron chi connectivity index (χ4n) is 3.43. The van der Waals surface area contributed by atoms with E-state index < -0.39 is 11.9 Å². The average Bonchev–Trinajstić information content (AvgIpc) is 2.79. The molecule has 5 heteroatoms. The Balaban J connectivity index is 2.13. The lowest BCUT2D eigenvalue weighted by Crippen LogP contribution is -2.13. The number of aromatic nitrogens is 1. The summed E-state index contributed by atoms with van der Waals surface area (Å²) in [6, 6.07) is 4.77. The summed E-state index contributed by atoms with van der Waals surface area (Å²) in [4.78, 5) is 28.4. The molecule has 0 spiro atoms. The summed E-state index contributed by atoms with van der Waals surface area (Å²) < 4.78 is 10.6. The number of pyridine rings is 1. The summed E-state index contributed by atoms with van der Waals surface area (Å²) in [6.07, 6.45) is 17.9. The van der Waals surface area contributed by atoms with Crippen LogP contribution >= 0.6 is 0 Å². The third-order valence-electron chi connectivity index (χ3n) is 5.38. The molecule has 0 N–H and O–H groups in total. The first-order chi connectivity index (χ1) is 15.2. The molecule has 0 saturated carbocycles. The van der Waals surface area contributed by atoms with Crippen LogP contribution in [0.1, 0.15) is 131 Å². The third-order valence-corrected chi connectivity index (χ3v) is 5.38. The fourth-order valence-corrected chi connectivity index (χ4v) is 3.43. The van der Waals surface area contributed by atoms with Gasteiger partial charge in [-0.05, 0) is 25.0 Å². The van der Waals surface area contributed by atoms with Gasteiger partial charge in [-0.1, -0.05) is 103 Å². The zero-order chi connectivity index (χ0) is 22.6. The van der Waals surface area contributed by atoms with Gasteiger partial charge >= 0.3 is 11.9 Å². The Kier molecular flexibility index (Phi) is 16.5. The number of unbranched alkanes of at least 4 members (excludes halogenated alkanes) is 13. The molecule has 0 aromatic carbocycles. The largest absolute Gasteiger partial charge is 0.461 e. The van der Waals surface area contributed by atoms with Crippen molar-refractivity contribution >= 4 is 11.9 Å². The van der Waals surface area contributed by atoms with Crippen molar-refractivity contribution in [3.05, 3.63) is 29.6 Å². The summed E-state index contributed by atoms with van der Waals surface area (Å²) in [6.45, 7) is 5.16. The highest BCUT2D eigenvalue weighted by molar-refractivity contribution is 5.91. The Morgan fingerprint density at radius 1 is 0.613 bits per heavy atom. The highest BCUT2D eigenvalue weighted by atomic mass is 16.5. The van der Waals surface area contributed by atoms with E-state index in [1.807, 2.05) is 0 Å². The molecule has 1 aromatic rings. The number of hydrogen-bond donors (Lipinski definition) is 0. The normalized spacial score (nSPS) is 10.8. The van der Waals surface area contributed by atoms with E-state index in [4.69, 9.17) is 9.47 Å². The van der Waals surface area contributed by atoms with Gasteiger partial charge in [0.1, 0.15) is 11.4 Å². The molecule has 0 atom stereocenters. The SMILES string of the molecule is CCCCCCCCCCCCCOC(=O)c1cccc(C(=O)OCCCCCC)n1. The van der Waals surface area contributed by atoms with Crippen LogP contribution in [0.3, 0.4) is 0 Å². The molecule has 1 heterocycles. The van der Waals surface area contributed by atoms with Gasteiger partial charge < -0.3 is 9.47 Å². The maximum Gasteiger partial charge on any atom is 0.356 e. The van der Waals surface area contributed by atoms with Crippen LogP contribution in [0.2, 0.25) is 0 Å². The number of rotatable bonds is 19. The smallest absolute Gasteiger partial charge is 0.356 e. The molecule has 1 aromatic heterocycles. The highest BCUT2D eigenvalue weighted by Gasteiger charge is 2.14. The van der Waals surface area contributed by atoms with Gasteiger partial charge in [0.25, 0.3) is 0 Å². The fraction of sp³-hybridized carbons (Fsp3) is 0.731. The molecule has 5 nitrogen and oxygen atoms in total. The predicted molar refractivity (Wildman–Crippen MR) is 125 cm³/mol. The number of ether oxygens (including phenoxy) is 2. The van der Waals surface area contributed by atoms with Crippen molar-refractivity contribution in [1.82, 2.24) is 4.98 Å². The van der Waals surface area contributed by atoms with Crippen LogP contribution in [0.4, 0.5) is 0 Å². The van der Waals surface area contributed by atoms with Crippen LogP contribution in [0.5, 0.6) is 0 Å². The zero-order valence-corrected chi connectivity index (χ0v) is 19.8. The molecular formula is C26H43NO4. The van der Waals surface area contributed by atoms with Gasteiger partial charge in [-0.2, -0.15) is 0 Å². The number of esters is 2. The lowest BCUT2D eigenvalue weighted by atomic mass is 10.1. The van der Waals surface area contributed by atoms with E-state index in [0.29, 0.717) is 13.2 Å². The topological polar surface area (TPSA) is 65.5 Å². The van der Waals surface area contributed by atoms with Crippen molar-refractivity contribution < 1.29 is 19.1 Å². The van der Waals surface area contributed by atoms with Crippen LogP contribution in [0, 0.1) is 0 Å². The van der Waals surface area contributed by atoms with Gasteiger partial charge in [0.05, 0.1) is 13.2 Å². The standard InChI is InChI=1S/C26H43NO4/c1-3-5-7-9-10-11-12-13-14-15-17-22-31-26(29)24-20-18-19-23(27-24)25(28)30-21-16-8-6-4-2/h18-20H,3-17,21-22H2,1-2H3. The number of carbonyl (C=O) groups excluding carboxylic acids is 2. The molecule has 1 rings (SSSR count). The van der Waals surface area contributed by atoms with Crippen LogP contribution in [0.15, 0.2) is 18.2 Å². The predicted octanol–water partition coefficient (Wildman–Crippen LogP) is 7.29. The number of nitrogens with zero attached hydrogens (tertiary/aromatic N) is 1. The number of hydrogen-bond acceptors (Lipinski definition) is 5. The minimum absolute atomic E-state index is 0.152. The Hall–Kier alpha value is -1.91. The Morgan fingerprint density at radius 3 is 1.39 bits per heavy atom. The summed E-state index contributed by atoms with van der Waals surface area (Å²) in [5, 5.41) is 0. The van der Waals surface area contributed by atoms with E-state index in [1.165, 1.54) is 57.8 Å². The van der Waals surface area contributed by atoms with Crippen molar-refractivity contribution in [3.63, 3.8) is 0 Å². The van der Waals surface area contributed by atoms with Crippen molar-refractivity contribution in [2.45, 2.75) is 110 Å². The van der Waals surface area contributed by atoms with Crippen molar-refractivity contribution in [2.24, 2.45) is 0 Å². The van der Waals surface area contributed by atoms with Gasteiger partial charge in [0.2, 0.25) is 0 Å². The zero-order valence-electron chi connectivity index (χ0n) is 19.8. The van der Waals surface area contributed by atoms with Gasteiger partial charge in [0, 0.05) is 0 Å². The molecule has 0 radical (unpaired) electrons. The van der Waals surface area contributed by atoms with Crippen molar-refractivity contribution in [1.29, 1.82) is 0 Å². The first-order valence-electron chi connectivity index (χ1n) is 12.5. The second-order valence-corrected chi connectivity index (χ2v) is 8.28. The lowest BCUT2D eigenvalue weighted by molar-refractivity contribution is 0.0482. The van der Waals surface area contributed by atoms with Gasteiger partial charge in [-0.25, -0.2) is 14.6 Å². The van der Waals surface area contributed by atoms with Gasteiger partial charge in [0.15, 0.2) is 0 Å². The van der Waals surface area contributed by atoms with Gasteiger partial charge in [-0.3, -0.25) is 0 Å². The molecule has 0 fully saturated rings. The summed E-state index contributed by atoms with van der Waals surface area (Å²) >= 11 is 0. The van der Waals surface area contributed by atoms with Crippen LogP contribution < -0.4 is 0 Å². The van der Waals surface area contributed by atoms with E-state index in [2.05, 4.69) is 18.8 Å². The number of carbonyl (C=O) groups is 2. The second-order valence-electron chi connectivity index (χ2n) is 8.28. The van der Waals surface area contributed by atoms with E-state index in [9.17, 15) is 9.59 Å². The second kappa shape index (κ2) is 18.8. The Labute approximate surface area is 189 Å². The first-order valence-corrected chi connectivity index (χ1v) is 12.5. The maximum atomic E-state index is 12.2. The molecule has 31 heavy (non-hydrogen) atoms. The molecule has 0 amide bonds. The molecular weight excluding hydrogens is 390 g/mol. The van der Waals surface area contributed by atoms with Gasteiger partial charge in [-0.15, -0.1) is 0 Å². The summed E-state index contributed by atoms with van der Waals surface area (Å²) in [7, 11) is 0. The average molecular weight is 434 g/mol. The van der Waals surface area contributed by atoms with Crippen molar-refractivity contribution in [2.75, 3.05) is 13.2 Å². The lowest BCUT2D eigenvalue weighted by Gasteiger charge is -2.07. The minimum Gasteiger partial charge on any atom is -0.461 e. The van der Waals surface area contributed by atoms with Crippen LogP contribution in [-0.2, 0) is 9.47 Å². The molecule has 0 bridgehead atoms. The summed E-state index contributed by atoms with van der Waals surface area (Å²) in [5.41, 5.74) is 0.308. The molecule has 176 valence electrons. The van der Waals surface area contributed by atoms with Crippen molar-refractivity contribution in [3.8, 4) is 0 Å². The van der Waals surface area contributed by atoms with E-state index in [1.54, 1.807) is 18.2 Å². The van der Waals surface area contributed by atoms with E-state index >= 15 is 0 Å². The molecule has 0 aliphatic rings. The Bertz CT molecular complexity index is 603. The van der Waals surface area contributed by atoms with Crippen LogP contribution in [-0.4, -0.2) is 30.1 Å². The molecule has 0 unspecified atom stereocenters. The maximum absolute atomic E-state index is 12.2. The summed E-state index contributed by atoms with van der Waals surface area (Å²) in [5.74, 6) is -0.971.